The van der Waals surface area contributed by atoms with Gasteiger partial charge in [-0.15, -0.1) is 0 Å². The van der Waals surface area contributed by atoms with Crippen LogP contribution in [0.3, 0.4) is 0 Å². The largest absolute Gasteiger partial charge is 0.309 e. The van der Waals surface area contributed by atoms with Gasteiger partial charge in [0.1, 0.15) is 17.3 Å². The smallest absolute Gasteiger partial charge is 0.275 e. The van der Waals surface area contributed by atoms with Gasteiger partial charge in [0.05, 0.1) is 0 Å². The van der Waals surface area contributed by atoms with Crippen LogP contribution < -0.4 is 5.32 Å². The second kappa shape index (κ2) is 6.57. The Labute approximate surface area is 134 Å². The molecule has 0 saturated heterocycles. The minimum atomic E-state index is -0.250. The van der Waals surface area contributed by atoms with Crippen molar-refractivity contribution in [3.05, 3.63) is 76.7 Å². The molecule has 0 saturated carbocycles. The van der Waals surface area contributed by atoms with E-state index in [1.54, 1.807) is 12.1 Å². The van der Waals surface area contributed by atoms with Gasteiger partial charge in [-0.3, -0.25) is 4.79 Å². The van der Waals surface area contributed by atoms with E-state index in [1.807, 2.05) is 37.3 Å². The van der Waals surface area contributed by atoms with Gasteiger partial charge in [-0.25, -0.2) is 9.38 Å². The highest BCUT2D eigenvalue weighted by atomic mass is 19.1. The van der Waals surface area contributed by atoms with Crippen molar-refractivity contribution in [2.45, 2.75) is 19.8 Å². The van der Waals surface area contributed by atoms with Crippen LogP contribution in [-0.4, -0.2) is 11.7 Å². The number of aliphatic imine (C=N–C) groups is 1. The zero-order valence-electron chi connectivity index (χ0n) is 12.8. The molecule has 0 spiro atoms. The molecule has 1 heterocycles. The molecule has 0 atom stereocenters. The van der Waals surface area contributed by atoms with Crippen LogP contribution in [0.4, 0.5) is 4.39 Å². The Morgan fingerprint density at radius 1 is 1.13 bits per heavy atom. The average Bonchev–Trinajstić information content (AvgIpc) is 2.88. The standard InChI is InChI=1S/C19H17FN2O/c1-13-5-2-3-7-15(13)12-17-19(23)22-18(21-17)10-9-14-6-4-8-16(20)11-14/h2-8,11-12H,9-10H2,1H3,(H,21,22,23)/b17-12-. The number of benzene rings is 2. The fourth-order valence-corrected chi connectivity index (χ4v) is 2.49. The Balaban J connectivity index is 1.73. The number of amides is 1. The summed E-state index contributed by atoms with van der Waals surface area (Å²) in [6.45, 7) is 1.99. The summed E-state index contributed by atoms with van der Waals surface area (Å²) in [4.78, 5) is 16.4. The van der Waals surface area contributed by atoms with E-state index in [4.69, 9.17) is 0 Å². The molecule has 0 aromatic heterocycles. The summed E-state index contributed by atoms with van der Waals surface area (Å²) in [7, 11) is 0. The zero-order chi connectivity index (χ0) is 16.2. The topological polar surface area (TPSA) is 41.5 Å². The Morgan fingerprint density at radius 2 is 1.96 bits per heavy atom. The van der Waals surface area contributed by atoms with Gasteiger partial charge >= 0.3 is 0 Å². The monoisotopic (exact) mass is 308 g/mol. The molecule has 0 radical (unpaired) electrons. The minimum Gasteiger partial charge on any atom is -0.309 e. The predicted octanol–water partition coefficient (Wildman–Crippen LogP) is 3.64. The van der Waals surface area contributed by atoms with Gasteiger partial charge in [0, 0.05) is 6.42 Å². The Kier molecular flexibility index (Phi) is 4.33. The summed E-state index contributed by atoms with van der Waals surface area (Å²) in [5.74, 6) is 0.182. The predicted molar refractivity (Wildman–Crippen MR) is 89.5 cm³/mol. The lowest BCUT2D eigenvalue weighted by Gasteiger charge is -2.01. The number of amidine groups is 1. The van der Waals surface area contributed by atoms with E-state index in [0.717, 1.165) is 16.7 Å². The van der Waals surface area contributed by atoms with Crippen LogP contribution in [0.5, 0.6) is 0 Å². The normalized spacial score (nSPS) is 15.7. The first-order chi connectivity index (χ1) is 11.1. The van der Waals surface area contributed by atoms with Crippen LogP contribution in [0.25, 0.3) is 6.08 Å². The summed E-state index contributed by atoms with van der Waals surface area (Å²) in [5.41, 5.74) is 3.37. The van der Waals surface area contributed by atoms with Crippen molar-refractivity contribution in [1.82, 2.24) is 5.32 Å². The summed E-state index contributed by atoms with van der Waals surface area (Å²) >= 11 is 0. The Bertz CT molecular complexity index is 809. The van der Waals surface area contributed by atoms with Crippen molar-refractivity contribution >= 4 is 17.8 Å². The van der Waals surface area contributed by atoms with E-state index in [9.17, 15) is 9.18 Å². The van der Waals surface area contributed by atoms with Crippen molar-refractivity contribution < 1.29 is 9.18 Å². The van der Waals surface area contributed by atoms with Gasteiger partial charge < -0.3 is 5.32 Å². The Hall–Kier alpha value is -2.75. The molecule has 3 rings (SSSR count). The summed E-state index contributed by atoms with van der Waals surface area (Å²) in [5, 5.41) is 2.78. The van der Waals surface area contributed by atoms with Gasteiger partial charge in [0.2, 0.25) is 0 Å². The average molecular weight is 308 g/mol. The van der Waals surface area contributed by atoms with Crippen LogP contribution in [0, 0.1) is 12.7 Å². The maximum Gasteiger partial charge on any atom is 0.275 e. The van der Waals surface area contributed by atoms with E-state index in [2.05, 4.69) is 10.3 Å². The van der Waals surface area contributed by atoms with Gasteiger partial charge in [-0.1, -0.05) is 36.4 Å². The molecule has 1 amide bonds. The zero-order valence-corrected chi connectivity index (χ0v) is 12.8. The second-order valence-corrected chi connectivity index (χ2v) is 5.53. The summed E-state index contributed by atoms with van der Waals surface area (Å²) < 4.78 is 13.2. The molecule has 1 N–H and O–H groups in total. The number of halogens is 1. The van der Waals surface area contributed by atoms with E-state index < -0.39 is 0 Å². The number of nitrogens with one attached hydrogen (secondary N) is 1. The van der Waals surface area contributed by atoms with Gasteiger partial charge in [0.15, 0.2) is 0 Å². The molecule has 0 bridgehead atoms. The lowest BCUT2D eigenvalue weighted by molar-refractivity contribution is -0.115. The van der Waals surface area contributed by atoms with Crippen LogP contribution in [0.2, 0.25) is 0 Å². The van der Waals surface area contributed by atoms with Crippen molar-refractivity contribution in [1.29, 1.82) is 0 Å². The second-order valence-electron chi connectivity index (χ2n) is 5.53. The van der Waals surface area contributed by atoms with E-state index >= 15 is 0 Å². The fourth-order valence-electron chi connectivity index (χ4n) is 2.49. The third-order valence-electron chi connectivity index (χ3n) is 3.77. The number of hydrogen-bond acceptors (Lipinski definition) is 2. The third-order valence-corrected chi connectivity index (χ3v) is 3.77. The molecule has 1 aliphatic heterocycles. The van der Waals surface area contributed by atoms with Crippen molar-refractivity contribution in [3.63, 3.8) is 0 Å². The molecular weight excluding hydrogens is 291 g/mol. The van der Waals surface area contributed by atoms with E-state index in [0.29, 0.717) is 24.4 Å². The molecule has 3 nitrogen and oxygen atoms in total. The summed E-state index contributed by atoms with van der Waals surface area (Å²) in [6, 6.07) is 14.3. The number of aryl methyl sites for hydroxylation is 2. The number of nitrogens with zero attached hydrogens (tertiary/aromatic N) is 1. The quantitative estimate of drug-likeness (QED) is 0.861. The minimum absolute atomic E-state index is 0.192. The molecule has 4 heteroatoms. The first-order valence-electron chi connectivity index (χ1n) is 7.52. The van der Waals surface area contributed by atoms with Crippen molar-refractivity contribution in [2.24, 2.45) is 4.99 Å². The van der Waals surface area contributed by atoms with Crippen LogP contribution in [0.15, 0.2) is 59.2 Å². The van der Waals surface area contributed by atoms with Crippen LogP contribution in [-0.2, 0) is 11.2 Å². The number of carbonyl (C=O) groups excluding carboxylic acids is 1. The lowest BCUT2D eigenvalue weighted by Crippen LogP contribution is -2.24. The molecule has 0 aliphatic carbocycles. The number of hydrogen-bond donors (Lipinski definition) is 1. The first-order valence-corrected chi connectivity index (χ1v) is 7.52. The molecule has 116 valence electrons. The number of rotatable bonds is 4. The van der Waals surface area contributed by atoms with E-state index in [-0.39, 0.29) is 11.7 Å². The summed E-state index contributed by atoms with van der Waals surface area (Å²) in [6.07, 6.45) is 2.99. The van der Waals surface area contributed by atoms with Gasteiger partial charge in [-0.05, 0) is 48.2 Å². The number of carbonyl (C=O) groups is 1. The van der Waals surface area contributed by atoms with Gasteiger partial charge in [0.25, 0.3) is 5.91 Å². The highest BCUT2D eigenvalue weighted by Gasteiger charge is 2.19. The molecule has 0 unspecified atom stereocenters. The molecule has 0 fully saturated rings. The third kappa shape index (κ3) is 3.72. The van der Waals surface area contributed by atoms with Crippen molar-refractivity contribution in [2.75, 3.05) is 0 Å². The molecule has 23 heavy (non-hydrogen) atoms. The highest BCUT2D eigenvalue weighted by molar-refractivity contribution is 6.14. The molecular formula is C19H17FN2O. The fraction of sp³-hybridized carbons (Fsp3) is 0.158. The van der Waals surface area contributed by atoms with E-state index in [1.165, 1.54) is 12.1 Å². The Morgan fingerprint density at radius 3 is 2.74 bits per heavy atom. The SMILES string of the molecule is Cc1ccccc1/C=C1\N=C(CCc2cccc(F)c2)NC1=O. The lowest BCUT2D eigenvalue weighted by atomic mass is 10.1. The maximum absolute atomic E-state index is 13.2. The highest BCUT2D eigenvalue weighted by Crippen LogP contribution is 2.16. The first kappa shape index (κ1) is 15.2. The van der Waals surface area contributed by atoms with Gasteiger partial charge in [-0.2, -0.15) is 0 Å². The molecule has 2 aromatic rings. The molecule has 1 aliphatic rings. The molecule has 2 aromatic carbocycles. The van der Waals surface area contributed by atoms with Crippen molar-refractivity contribution in [3.8, 4) is 0 Å². The maximum atomic E-state index is 13.2. The van der Waals surface area contributed by atoms with Crippen LogP contribution >= 0.6 is 0 Å². The van der Waals surface area contributed by atoms with Crippen LogP contribution in [0.1, 0.15) is 23.1 Å².